The first-order valence-corrected chi connectivity index (χ1v) is 10.0. The molecule has 0 radical (unpaired) electrons. The number of nitrogens with zero attached hydrogens (tertiary/aromatic N) is 2. The average molecular weight is 386 g/mol. The first-order chi connectivity index (χ1) is 13.3. The normalized spacial score (nSPS) is 26.0. The Bertz CT molecular complexity index is 880. The lowest BCUT2D eigenvalue weighted by molar-refractivity contribution is -0.236. The van der Waals surface area contributed by atoms with Crippen LogP contribution >= 0.6 is 0 Å². The minimum Gasteiger partial charge on any atom is -0.465 e. The van der Waals surface area contributed by atoms with Crippen LogP contribution in [0.15, 0.2) is 24.3 Å². The molecule has 0 amide bonds. The van der Waals surface area contributed by atoms with Crippen LogP contribution < -0.4 is 0 Å². The Balaban J connectivity index is 1.58. The van der Waals surface area contributed by atoms with Gasteiger partial charge in [0, 0.05) is 28.7 Å². The summed E-state index contributed by atoms with van der Waals surface area (Å²) in [6.45, 7) is 11.0. The second-order valence-corrected chi connectivity index (χ2v) is 8.52. The van der Waals surface area contributed by atoms with E-state index >= 15 is 0 Å². The van der Waals surface area contributed by atoms with E-state index < -0.39 is 0 Å². The number of para-hydroxylation sites is 1. The van der Waals surface area contributed by atoms with Crippen LogP contribution in [0.5, 0.6) is 0 Å². The molecule has 6 nitrogen and oxygen atoms in total. The number of benzene rings is 1. The molecule has 152 valence electrons. The molecule has 0 unspecified atom stereocenters. The number of esters is 1. The van der Waals surface area contributed by atoms with Gasteiger partial charge in [-0.2, -0.15) is 0 Å². The summed E-state index contributed by atoms with van der Waals surface area (Å²) in [7, 11) is 1.42. The van der Waals surface area contributed by atoms with E-state index in [1.165, 1.54) is 13.5 Å². The van der Waals surface area contributed by atoms with Crippen molar-refractivity contribution in [3.63, 3.8) is 0 Å². The molecule has 2 aliphatic heterocycles. The number of methoxy groups -OCH3 is 1. The fraction of sp³-hybridized carbons (Fsp3) is 0.591. The Morgan fingerprint density at radius 3 is 2.50 bits per heavy atom. The second-order valence-electron chi connectivity index (χ2n) is 8.52. The number of rotatable bonds is 4. The molecule has 0 aliphatic carbocycles. The number of ether oxygens (including phenoxy) is 3. The Kier molecular flexibility index (Phi) is 4.98. The van der Waals surface area contributed by atoms with Gasteiger partial charge < -0.3 is 18.8 Å². The lowest BCUT2D eigenvalue weighted by Gasteiger charge is -2.53. The smallest absolute Gasteiger partial charge is 0.340 e. The summed E-state index contributed by atoms with van der Waals surface area (Å²) in [5, 5.41) is 0.898. The number of hydrogen-bond donors (Lipinski definition) is 0. The van der Waals surface area contributed by atoms with Gasteiger partial charge in [-0.1, -0.05) is 18.2 Å². The van der Waals surface area contributed by atoms with Gasteiger partial charge in [-0.05, 0) is 40.2 Å². The lowest BCUT2D eigenvalue weighted by Crippen LogP contribution is -2.64. The topological polar surface area (TPSA) is 52.9 Å². The maximum absolute atomic E-state index is 12.4. The van der Waals surface area contributed by atoms with Crippen LogP contribution in [0.1, 0.15) is 49.3 Å². The molecule has 4 rings (SSSR count). The van der Waals surface area contributed by atoms with E-state index in [1.807, 2.05) is 31.2 Å². The van der Waals surface area contributed by atoms with Crippen molar-refractivity contribution >= 4 is 16.9 Å². The average Bonchev–Trinajstić information content (AvgIpc) is 2.98. The van der Waals surface area contributed by atoms with Gasteiger partial charge in [0.15, 0.2) is 6.29 Å². The fourth-order valence-electron chi connectivity index (χ4n) is 4.73. The number of fused-ring (bicyclic) bond motifs is 1. The Hall–Kier alpha value is -1.89. The third-order valence-corrected chi connectivity index (χ3v) is 6.44. The standard InChI is InChI=1S/C22H30N2O4/c1-14-19(20(25)26-5)17-8-6-7-9-18(17)24(14)15(2)21-27-12-16(13-28-21)23-11-10-22(23,3)4/h6-9,15-16,21H,10-13H2,1-5H3/t15-,16?,21?/m1/s1. The van der Waals surface area contributed by atoms with Crippen molar-refractivity contribution in [1.82, 2.24) is 9.47 Å². The highest BCUT2D eigenvalue weighted by Crippen LogP contribution is 2.35. The molecule has 1 aromatic carbocycles. The zero-order chi connectivity index (χ0) is 20.1. The summed E-state index contributed by atoms with van der Waals surface area (Å²) in [5.74, 6) is -0.315. The molecule has 0 N–H and O–H groups in total. The first kappa shape index (κ1) is 19.4. The van der Waals surface area contributed by atoms with Crippen molar-refractivity contribution in [2.45, 2.75) is 58.0 Å². The maximum atomic E-state index is 12.4. The maximum Gasteiger partial charge on any atom is 0.340 e. The van der Waals surface area contributed by atoms with E-state index in [0.717, 1.165) is 23.1 Å². The minimum atomic E-state index is -0.347. The highest BCUT2D eigenvalue weighted by atomic mass is 16.7. The summed E-state index contributed by atoms with van der Waals surface area (Å²) in [4.78, 5) is 14.8. The van der Waals surface area contributed by atoms with E-state index in [2.05, 4.69) is 30.2 Å². The van der Waals surface area contributed by atoms with Gasteiger partial charge in [0.05, 0.1) is 38.0 Å². The van der Waals surface area contributed by atoms with E-state index in [4.69, 9.17) is 14.2 Å². The van der Waals surface area contributed by atoms with Crippen LogP contribution in [-0.4, -0.2) is 60.2 Å². The molecule has 2 fully saturated rings. The van der Waals surface area contributed by atoms with E-state index in [-0.39, 0.29) is 23.8 Å². The number of aromatic nitrogens is 1. The van der Waals surface area contributed by atoms with Crippen molar-refractivity contribution in [1.29, 1.82) is 0 Å². The number of hydrogen-bond acceptors (Lipinski definition) is 5. The highest BCUT2D eigenvalue weighted by Gasteiger charge is 2.43. The monoisotopic (exact) mass is 386 g/mol. The van der Waals surface area contributed by atoms with E-state index in [1.54, 1.807) is 0 Å². The van der Waals surface area contributed by atoms with Crippen LogP contribution in [0.3, 0.4) is 0 Å². The molecule has 2 saturated heterocycles. The lowest BCUT2D eigenvalue weighted by atomic mass is 9.87. The molecule has 28 heavy (non-hydrogen) atoms. The molecule has 2 aromatic rings. The van der Waals surface area contributed by atoms with Gasteiger partial charge in [-0.15, -0.1) is 0 Å². The molecule has 1 atom stereocenters. The third-order valence-electron chi connectivity index (χ3n) is 6.44. The van der Waals surface area contributed by atoms with Gasteiger partial charge in [0.1, 0.15) is 0 Å². The zero-order valence-electron chi connectivity index (χ0n) is 17.4. The molecular formula is C22H30N2O4. The number of carbonyl (C=O) groups excluding carboxylic acids is 1. The first-order valence-electron chi connectivity index (χ1n) is 10.0. The molecule has 1 aromatic heterocycles. The Morgan fingerprint density at radius 1 is 1.25 bits per heavy atom. The van der Waals surface area contributed by atoms with Crippen molar-refractivity contribution in [2.24, 2.45) is 0 Å². The van der Waals surface area contributed by atoms with Crippen LogP contribution in [0.4, 0.5) is 0 Å². The molecule has 0 saturated carbocycles. The summed E-state index contributed by atoms with van der Waals surface area (Å²) in [6.07, 6.45) is 0.870. The molecule has 2 aliphatic rings. The quantitative estimate of drug-likeness (QED) is 0.753. The van der Waals surface area contributed by atoms with Gasteiger partial charge in [-0.3, -0.25) is 4.90 Å². The largest absolute Gasteiger partial charge is 0.465 e. The summed E-state index contributed by atoms with van der Waals surface area (Å²) in [5.41, 5.74) is 2.71. The molecule has 0 spiro atoms. The van der Waals surface area contributed by atoms with Crippen LogP contribution in [0.2, 0.25) is 0 Å². The van der Waals surface area contributed by atoms with E-state index in [0.29, 0.717) is 24.8 Å². The molecular weight excluding hydrogens is 356 g/mol. The highest BCUT2D eigenvalue weighted by molar-refractivity contribution is 6.05. The number of carbonyl (C=O) groups is 1. The van der Waals surface area contributed by atoms with E-state index in [9.17, 15) is 4.79 Å². The Labute approximate surface area is 166 Å². The fourth-order valence-corrected chi connectivity index (χ4v) is 4.73. The molecule has 3 heterocycles. The summed E-state index contributed by atoms with van der Waals surface area (Å²) >= 11 is 0. The van der Waals surface area contributed by atoms with Gasteiger partial charge in [0.2, 0.25) is 0 Å². The van der Waals surface area contributed by atoms with Gasteiger partial charge >= 0.3 is 5.97 Å². The van der Waals surface area contributed by atoms with Gasteiger partial charge in [0.25, 0.3) is 0 Å². The summed E-state index contributed by atoms with van der Waals surface area (Å²) < 4.78 is 19.5. The predicted molar refractivity (Wildman–Crippen MR) is 108 cm³/mol. The van der Waals surface area contributed by atoms with Gasteiger partial charge in [-0.25, -0.2) is 4.79 Å². The van der Waals surface area contributed by atoms with Crippen LogP contribution in [-0.2, 0) is 14.2 Å². The Morgan fingerprint density at radius 2 is 1.93 bits per heavy atom. The minimum absolute atomic E-state index is 0.0614. The number of likely N-dealkylation sites (tertiary alicyclic amines) is 1. The van der Waals surface area contributed by atoms with Crippen molar-refractivity contribution in [2.75, 3.05) is 26.9 Å². The second kappa shape index (κ2) is 7.17. The molecule has 6 heteroatoms. The molecule has 0 bridgehead atoms. The van der Waals surface area contributed by atoms with Crippen molar-refractivity contribution in [3.8, 4) is 0 Å². The van der Waals surface area contributed by atoms with Crippen LogP contribution in [0, 0.1) is 6.92 Å². The predicted octanol–water partition coefficient (Wildman–Crippen LogP) is 3.52. The van der Waals surface area contributed by atoms with Crippen molar-refractivity contribution < 1.29 is 19.0 Å². The summed E-state index contributed by atoms with van der Waals surface area (Å²) in [6, 6.07) is 8.16. The third kappa shape index (κ3) is 3.04. The zero-order valence-corrected chi connectivity index (χ0v) is 17.4. The SMILES string of the molecule is COC(=O)c1c(C)n([C@H](C)C2OCC(N3CCC3(C)C)CO2)c2ccccc12. The van der Waals surface area contributed by atoms with Crippen LogP contribution in [0.25, 0.3) is 10.9 Å². The van der Waals surface area contributed by atoms with Crippen molar-refractivity contribution in [3.05, 3.63) is 35.5 Å².